The summed E-state index contributed by atoms with van der Waals surface area (Å²) in [5.74, 6) is -5.48. The van der Waals surface area contributed by atoms with E-state index in [-0.39, 0.29) is 5.92 Å². The topological polar surface area (TPSA) is 294 Å². The number of carbonyl (C=O) groups excluding carboxylic acids is 8. The first kappa shape index (κ1) is 80.0. The number of aromatic nitrogens is 2. The summed E-state index contributed by atoms with van der Waals surface area (Å²) < 4.78 is 18.6. The summed E-state index contributed by atoms with van der Waals surface area (Å²) in [4.78, 5) is 111. The van der Waals surface area contributed by atoms with E-state index in [1.165, 1.54) is 29.9 Å². The van der Waals surface area contributed by atoms with Crippen molar-refractivity contribution in [1.29, 1.82) is 0 Å². The molecule has 29 heteroatoms. The molecule has 0 bridgehead atoms. The van der Waals surface area contributed by atoms with Gasteiger partial charge < -0.3 is 39.8 Å². The van der Waals surface area contributed by atoms with E-state index in [2.05, 4.69) is 54.0 Å². The summed E-state index contributed by atoms with van der Waals surface area (Å²) in [6, 6.07) is 15.5. The maximum Gasteiger partial charge on any atom is 0.325 e. The lowest BCUT2D eigenvalue weighted by molar-refractivity contribution is -0.165. The van der Waals surface area contributed by atoms with Gasteiger partial charge in [0.25, 0.3) is 23.6 Å². The number of ether oxygens (including phenoxy) is 4. The van der Waals surface area contributed by atoms with Crippen molar-refractivity contribution in [3.8, 4) is 0 Å². The van der Waals surface area contributed by atoms with Crippen molar-refractivity contribution in [1.82, 2.24) is 41.5 Å². The Bertz CT molecular complexity index is 3330. The number of fused-ring (bicyclic) bond motifs is 2. The number of amides is 4. The molecule has 2 aromatic carbocycles. The van der Waals surface area contributed by atoms with Crippen LogP contribution >= 0.6 is 85.5 Å². The standard InChI is InChI=1S/C32H41Cl3N4O7.C21H32Cl3N3O6.C11H10BrNO/c1-18(2)26(27(41)36-19(3)28(42)39-15-7-8-24(38-39)29(43)45-17-32(33,34)35)46-30(44)31(5,6)14-13-21-9-10-22-11-12-23(20(4)40)37-25(22)16-21;1-7-20(5,6)19(31)33-15(12(2)3)16(28)25-13(4)17(29)27-10-8-9-14(26-27)18(30)32-11-21(22,23)24;1-7(14)10-5-3-8-2-4-9(12)6-11(8)13-10/h9-14,16,18-20,24,26,38,40H,7-8,15,17H2,1-6H3,(H,36,41);7,12-15,26H,1,8-11H2,2-6H3,(H,25,28);2-7,14H,1H3/b14-13+;;/t19-,20+,24-,26-;13-,14-,15-;7-/m001/s1. The monoisotopic (exact) mass is 1480 g/mol. The van der Waals surface area contributed by atoms with Crippen molar-refractivity contribution >= 4 is 161 Å². The van der Waals surface area contributed by atoms with Crippen LogP contribution in [0.1, 0.15) is 138 Å². The molecule has 0 aliphatic carbocycles. The van der Waals surface area contributed by atoms with Crippen molar-refractivity contribution in [2.45, 2.75) is 165 Å². The quantitative estimate of drug-likeness (QED) is 0.0196. The number of aliphatic hydroxyl groups excluding tert-OH is 2. The van der Waals surface area contributed by atoms with Gasteiger partial charge in [0, 0.05) is 28.3 Å². The van der Waals surface area contributed by atoms with Crippen LogP contribution in [0.4, 0.5) is 0 Å². The molecule has 4 aromatic rings. The number of hydrazine groups is 2. The van der Waals surface area contributed by atoms with Crippen LogP contribution < -0.4 is 21.5 Å². The van der Waals surface area contributed by atoms with Gasteiger partial charge in [-0.05, 0) is 129 Å². The van der Waals surface area contributed by atoms with Gasteiger partial charge in [-0.3, -0.25) is 58.3 Å². The summed E-state index contributed by atoms with van der Waals surface area (Å²) in [5, 5.41) is 28.9. The molecule has 4 heterocycles. The highest BCUT2D eigenvalue weighted by molar-refractivity contribution is 9.10. The molecule has 0 spiro atoms. The van der Waals surface area contributed by atoms with E-state index in [1.807, 2.05) is 54.6 Å². The number of aliphatic hydroxyl groups is 2. The number of benzene rings is 2. The molecule has 0 radical (unpaired) electrons. The van der Waals surface area contributed by atoms with Crippen LogP contribution in [0.15, 0.2) is 83.9 Å². The van der Waals surface area contributed by atoms with E-state index in [1.54, 1.807) is 87.5 Å². The number of carbonyl (C=O) groups is 8. The molecule has 93 heavy (non-hydrogen) atoms. The Kier molecular flexibility index (Phi) is 30.6. The summed E-state index contributed by atoms with van der Waals surface area (Å²) in [6.07, 6.45) is 3.28. The first-order valence-electron chi connectivity index (χ1n) is 29.9. The Balaban J connectivity index is 0.000000338. The molecule has 6 N–H and O–H groups in total. The number of nitrogens with one attached hydrogen (secondary N) is 4. The molecule has 2 aromatic heterocycles. The molecule has 8 atom stereocenters. The third-order valence-corrected chi connectivity index (χ3v) is 15.6. The van der Waals surface area contributed by atoms with Crippen molar-refractivity contribution in [2.75, 3.05) is 26.3 Å². The van der Waals surface area contributed by atoms with Crippen LogP contribution in [0.3, 0.4) is 0 Å². The highest BCUT2D eigenvalue weighted by Crippen LogP contribution is 2.30. The Morgan fingerprint density at radius 1 is 0.624 bits per heavy atom. The predicted molar refractivity (Wildman–Crippen MR) is 362 cm³/mol. The Labute approximate surface area is 580 Å². The second-order valence-corrected chi connectivity index (χ2v) is 30.2. The Morgan fingerprint density at radius 3 is 1.40 bits per heavy atom. The number of esters is 4. The molecule has 4 amide bonds. The first-order chi connectivity index (χ1) is 43.1. The van der Waals surface area contributed by atoms with Crippen LogP contribution in [0.25, 0.3) is 27.9 Å². The smallest absolute Gasteiger partial charge is 0.325 e. The highest BCUT2D eigenvalue weighted by Gasteiger charge is 2.39. The minimum atomic E-state index is -1.76. The average molecular weight is 1480 g/mol. The highest BCUT2D eigenvalue weighted by atomic mass is 79.9. The van der Waals surface area contributed by atoms with Gasteiger partial charge in [-0.1, -0.05) is 162 Å². The summed E-state index contributed by atoms with van der Waals surface area (Å²) >= 11 is 37.1. The molecule has 0 unspecified atom stereocenters. The number of halogens is 7. The van der Waals surface area contributed by atoms with Crippen LogP contribution in [0.2, 0.25) is 0 Å². The fourth-order valence-corrected chi connectivity index (χ4v) is 9.40. The largest absolute Gasteiger partial charge is 0.460 e. The van der Waals surface area contributed by atoms with E-state index in [9.17, 15) is 48.6 Å². The molecular formula is C64H83BrCl6N8O14. The van der Waals surface area contributed by atoms with Gasteiger partial charge in [0.2, 0.25) is 7.59 Å². The predicted octanol–water partition coefficient (Wildman–Crippen LogP) is 10.5. The van der Waals surface area contributed by atoms with Crippen LogP contribution in [-0.4, -0.2) is 148 Å². The van der Waals surface area contributed by atoms with Crippen LogP contribution in [-0.2, 0) is 57.3 Å². The summed E-state index contributed by atoms with van der Waals surface area (Å²) in [7, 11) is 0. The summed E-state index contributed by atoms with van der Waals surface area (Å²) in [5.41, 5.74) is 7.19. The fraction of sp³-hybridized carbons (Fsp3) is 0.531. The minimum Gasteiger partial charge on any atom is -0.460 e. The first-order valence-corrected chi connectivity index (χ1v) is 33.0. The molecular weight excluding hydrogens is 1400 g/mol. The molecule has 2 fully saturated rings. The fourth-order valence-electron chi connectivity index (χ4n) is 8.72. The van der Waals surface area contributed by atoms with E-state index < -0.39 is 134 Å². The SMILES string of the molecule is C=CC(C)(C)C(=O)O[C@H](C(=O)N[C@@H](C)C(=O)N1CCC[C@@H](C(=O)OCC(Cl)(Cl)Cl)N1)C(C)C.CC(C)[C@H](OC(=O)C(C)(C)/C=C/c1ccc2ccc([C@@H](C)O)nc2c1)C(=O)N[C@@H](C)C(=O)N1CCC[C@@H](C(=O)OCC(Cl)(Cl)Cl)N1.C[C@@H](O)c1ccc2ccc(Br)cc2n1. The van der Waals surface area contributed by atoms with E-state index in [4.69, 9.17) is 88.6 Å². The molecule has 22 nitrogen and oxygen atoms in total. The van der Waals surface area contributed by atoms with Gasteiger partial charge in [0.05, 0.1) is 45.5 Å². The zero-order valence-corrected chi connectivity index (χ0v) is 60.0. The molecule has 6 rings (SSSR count). The zero-order valence-electron chi connectivity index (χ0n) is 53.9. The average Bonchev–Trinajstić information content (AvgIpc) is 0.940. The Hall–Kier alpha value is -5.44. The molecule has 2 saturated heterocycles. The number of rotatable bonds is 21. The zero-order chi connectivity index (χ0) is 70.1. The maximum atomic E-state index is 13.3. The second kappa shape index (κ2) is 35.5. The van der Waals surface area contributed by atoms with Gasteiger partial charge in [0.1, 0.15) is 37.4 Å². The number of alkyl halides is 6. The maximum absolute atomic E-state index is 13.3. The minimum absolute atomic E-state index is 0.297. The third kappa shape index (κ3) is 25.6. The van der Waals surface area contributed by atoms with Gasteiger partial charge in [-0.25, -0.2) is 10.9 Å². The van der Waals surface area contributed by atoms with E-state index >= 15 is 0 Å². The van der Waals surface area contributed by atoms with Crippen molar-refractivity contribution in [3.05, 3.63) is 101 Å². The van der Waals surface area contributed by atoms with Crippen molar-refractivity contribution in [2.24, 2.45) is 22.7 Å². The molecule has 0 saturated carbocycles. The van der Waals surface area contributed by atoms with E-state index in [0.29, 0.717) is 55.7 Å². The normalized spacial score (nSPS) is 17.5. The number of pyridine rings is 2. The lowest BCUT2D eigenvalue weighted by atomic mass is 9.92. The molecule has 2 aliphatic heterocycles. The van der Waals surface area contributed by atoms with Gasteiger partial charge in [0.15, 0.2) is 12.2 Å². The Morgan fingerprint density at radius 2 is 1.01 bits per heavy atom. The van der Waals surface area contributed by atoms with Gasteiger partial charge in [-0.2, -0.15) is 0 Å². The van der Waals surface area contributed by atoms with Crippen LogP contribution in [0, 0.1) is 22.7 Å². The second-order valence-electron chi connectivity index (χ2n) is 24.3. The lowest BCUT2D eigenvalue weighted by Gasteiger charge is -2.34. The van der Waals surface area contributed by atoms with E-state index in [0.717, 1.165) is 26.3 Å². The van der Waals surface area contributed by atoms with Crippen LogP contribution in [0.5, 0.6) is 0 Å². The molecule has 512 valence electrons. The van der Waals surface area contributed by atoms with Gasteiger partial charge >= 0.3 is 23.9 Å². The number of hydrogen-bond donors (Lipinski definition) is 6. The molecule has 2 aliphatic rings. The summed E-state index contributed by atoms with van der Waals surface area (Å²) in [6.45, 7) is 23.2. The van der Waals surface area contributed by atoms with Gasteiger partial charge in [-0.15, -0.1) is 6.58 Å². The van der Waals surface area contributed by atoms with Crippen molar-refractivity contribution < 1.29 is 67.5 Å². The third-order valence-electron chi connectivity index (χ3n) is 14.4. The number of hydrogen-bond acceptors (Lipinski definition) is 18. The number of nitrogens with zero attached hydrogens (tertiary/aromatic N) is 4. The lowest BCUT2D eigenvalue weighted by Crippen LogP contribution is -2.60. The van der Waals surface area contributed by atoms with Crippen molar-refractivity contribution in [3.63, 3.8) is 0 Å².